The number of hydrogen-bond donors (Lipinski definition) is 2. The Morgan fingerprint density at radius 2 is 1.68 bits per heavy atom. The van der Waals surface area contributed by atoms with Gasteiger partial charge in [-0.2, -0.15) is 0 Å². The van der Waals surface area contributed by atoms with Gasteiger partial charge >= 0.3 is 5.97 Å². The van der Waals surface area contributed by atoms with Gasteiger partial charge < -0.3 is 5.11 Å². The van der Waals surface area contributed by atoms with Crippen molar-refractivity contribution in [3.63, 3.8) is 0 Å². The van der Waals surface area contributed by atoms with Crippen molar-refractivity contribution in [1.82, 2.24) is 0 Å². The van der Waals surface area contributed by atoms with Crippen molar-refractivity contribution in [3.05, 3.63) is 58.1 Å². The van der Waals surface area contributed by atoms with Gasteiger partial charge in [0.2, 0.25) is 0 Å². The molecular formula is C17H18Cl2NO2+. The van der Waals surface area contributed by atoms with Gasteiger partial charge in [-0.3, -0.25) is 9.69 Å². The molecule has 0 aliphatic rings. The van der Waals surface area contributed by atoms with Crippen molar-refractivity contribution in [1.29, 1.82) is 0 Å². The first-order valence-corrected chi connectivity index (χ1v) is 7.78. The topological polar surface area (TPSA) is 41.7 Å². The van der Waals surface area contributed by atoms with Gasteiger partial charge in [0.1, 0.15) is 15.7 Å². The molecule has 2 aromatic rings. The Morgan fingerprint density at radius 3 is 2.23 bits per heavy atom. The monoisotopic (exact) mass is 338 g/mol. The molecule has 2 rings (SSSR count). The Bertz CT molecular complexity index is 666. The number of carbonyl (C=O) groups is 1. The largest absolute Gasteiger partial charge is 0.481 e. The van der Waals surface area contributed by atoms with Crippen molar-refractivity contribution < 1.29 is 14.8 Å². The molecular weight excluding hydrogens is 321 g/mol. The molecule has 0 aromatic heterocycles. The molecule has 0 bridgehead atoms. The summed E-state index contributed by atoms with van der Waals surface area (Å²) in [5, 5.41) is 10.3. The number of para-hydroxylation sites is 2. The zero-order chi connectivity index (χ0) is 16.3. The first-order valence-electron chi connectivity index (χ1n) is 7.03. The van der Waals surface area contributed by atoms with Gasteiger partial charge in [0, 0.05) is 5.56 Å². The highest BCUT2D eigenvalue weighted by molar-refractivity contribution is 6.38. The smallest absolute Gasteiger partial charge is 0.308 e. The molecule has 116 valence electrons. The maximum atomic E-state index is 11.1. The SMILES string of the molecule is CC(C)[NH+](c1ccccc1CC(=O)O)c1c(Cl)cccc1Cl. The van der Waals surface area contributed by atoms with Crippen LogP contribution >= 0.6 is 23.2 Å². The molecule has 2 N–H and O–H groups in total. The fourth-order valence-corrected chi connectivity index (χ4v) is 3.19. The van der Waals surface area contributed by atoms with Crippen molar-refractivity contribution in [3.8, 4) is 0 Å². The second-order valence-electron chi connectivity index (χ2n) is 5.39. The van der Waals surface area contributed by atoms with Crippen LogP contribution in [-0.4, -0.2) is 17.1 Å². The summed E-state index contributed by atoms with van der Waals surface area (Å²) < 4.78 is 0. The minimum absolute atomic E-state index is 0.0333. The number of benzene rings is 2. The van der Waals surface area contributed by atoms with E-state index in [-0.39, 0.29) is 12.5 Å². The zero-order valence-corrected chi connectivity index (χ0v) is 13.9. The Labute approximate surface area is 140 Å². The average Bonchev–Trinajstić information content (AvgIpc) is 2.43. The summed E-state index contributed by atoms with van der Waals surface area (Å²) in [4.78, 5) is 12.1. The van der Waals surface area contributed by atoms with Gasteiger partial charge in [0.15, 0.2) is 5.69 Å². The molecule has 0 aliphatic carbocycles. The van der Waals surface area contributed by atoms with E-state index in [1.54, 1.807) is 18.2 Å². The lowest BCUT2D eigenvalue weighted by Crippen LogP contribution is -3.06. The van der Waals surface area contributed by atoms with Crippen LogP contribution in [0.5, 0.6) is 0 Å². The fraction of sp³-hybridized carbons (Fsp3) is 0.235. The number of carboxylic acids is 1. The molecule has 22 heavy (non-hydrogen) atoms. The van der Waals surface area contributed by atoms with Crippen LogP contribution in [0, 0.1) is 0 Å². The number of halogens is 2. The van der Waals surface area contributed by atoms with Gasteiger partial charge in [-0.25, -0.2) is 0 Å². The van der Waals surface area contributed by atoms with E-state index in [0.717, 1.165) is 21.8 Å². The highest BCUT2D eigenvalue weighted by atomic mass is 35.5. The average molecular weight is 339 g/mol. The maximum absolute atomic E-state index is 11.1. The van der Waals surface area contributed by atoms with Crippen LogP contribution in [0.25, 0.3) is 0 Å². The van der Waals surface area contributed by atoms with Crippen LogP contribution in [0.3, 0.4) is 0 Å². The molecule has 0 heterocycles. The number of nitrogens with one attached hydrogen (secondary N) is 1. The van der Waals surface area contributed by atoms with E-state index in [2.05, 4.69) is 0 Å². The number of hydrogen-bond acceptors (Lipinski definition) is 1. The molecule has 0 spiro atoms. The summed E-state index contributed by atoms with van der Waals surface area (Å²) in [6, 6.07) is 13.0. The normalized spacial score (nSPS) is 12.4. The molecule has 0 saturated carbocycles. The fourth-order valence-electron chi connectivity index (χ4n) is 2.59. The highest BCUT2D eigenvalue weighted by Crippen LogP contribution is 2.29. The van der Waals surface area contributed by atoms with E-state index in [4.69, 9.17) is 28.3 Å². The van der Waals surface area contributed by atoms with Crippen LogP contribution in [0.2, 0.25) is 10.0 Å². The molecule has 2 aromatic carbocycles. The predicted molar refractivity (Wildman–Crippen MR) is 89.7 cm³/mol. The molecule has 5 heteroatoms. The molecule has 0 saturated heterocycles. The maximum Gasteiger partial charge on any atom is 0.308 e. The number of aliphatic carboxylic acids is 1. The van der Waals surface area contributed by atoms with Crippen LogP contribution in [-0.2, 0) is 11.2 Å². The molecule has 0 aliphatic heterocycles. The van der Waals surface area contributed by atoms with E-state index in [0.29, 0.717) is 10.0 Å². The first-order chi connectivity index (χ1) is 10.4. The van der Waals surface area contributed by atoms with Gasteiger partial charge in [-0.05, 0) is 32.0 Å². The third kappa shape index (κ3) is 3.61. The van der Waals surface area contributed by atoms with Gasteiger partial charge in [0.05, 0.1) is 12.5 Å². The van der Waals surface area contributed by atoms with Crippen LogP contribution in [0.4, 0.5) is 11.4 Å². The van der Waals surface area contributed by atoms with Gasteiger partial charge in [-0.1, -0.05) is 47.5 Å². The third-order valence-electron chi connectivity index (χ3n) is 3.46. The molecule has 0 amide bonds. The lowest BCUT2D eigenvalue weighted by Gasteiger charge is -2.26. The van der Waals surface area contributed by atoms with Crippen molar-refractivity contribution in [2.24, 2.45) is 0 Å². The first kappa shape index (κ1) is 16.8. The number of rotatable bonds is 5. The van der Waals surface area contributed by atoms with E-state index in [1.807, 2.05) is 38.1 Å². The van der Waals surface area contributed by atoms with Gasteiger partial charge in [0.25, 0.3) is 0 Å². The quantitative estimate of drug-likeness (QED) is 0.868. The minimum atomic E-state index is -0.860. The van der Waals surface area contributed by atoms with E-state index < -0.39 is 5.97 Å². The number of carboxylic acid groups (broad SMARTS) is 1. The summed E-state index contributed by atoms with van der Waals surface area (Å²) in [6.45, 7) is 4.10. The standard InChI is InChI=1S/C17H17Cl2NO2/c1-11(2)20(17-13(18)7-5-8-14(17)19)15-9-4-3-6-12(15)10-16(21)22/h3-9,11H,10H2,1-2H3,(H,21,22)/p+1. The van der Waals surface area contributed by atoms with Crippen molar-refractivity contribution in [2.45, 2.75) is 26.3 Å². The second kappa shape index (κ2) is 7.14. The summed E-state index contributed by atoms with van der Waals surface area (Å²) in [5.74, 6) is -0.860. The van der Waals surface area contributed by atoms with Crippen molar-refractivity contribution >= 4 is 40.5 Å². The lowest BCUT2D eigenvalue weighted by molar-refractivity contribution is -0.786. The Hall–Kier alpha value is -1.55. The Kier molecular flexibility index (Phi) is 5.46. The minimum Gasteiger partial charge on any atom is -0.481 e. The van der Waals surface area contributed by atoms with Crippen LogP contribution < -0.4 is 4.90 Å². The molecule has 1 atom stereocenters. The van der Waals surface area contributed by atoms with E-state index >= 15 is 0 Å². The van der Waals surface area contributed by atoms with E-state index in [1.165, 1.54) is 0 Å². The van der Waals surface area contributed by atoms with E-state index in [9.17, 15) is 4.79 Å². The molecule has 3 nitrogen and oxygen atoms in total. The summed E-state index contributed by atoms with van der Waals surface area (Å²) in [6.07, 6.45) is -0.0333. The highest BCUT2D eigenvalue weighted by Gasteiger charge is 2.27. The lowest BCUT2D eigenvalue weighted by atomic mass is 10.1. The molecule has 1 unspecified atom stereocenters. The van der Waals surface area contributed by atoms with Gasteiger partial charge in [-0.15, -0.1) is 0 Å². The zero-order valence-electron chi connectivity index (χ0n) is 12.4. The Balaban J connectivity index is 2.61. The summed E-state index contributed by atoms with van der Waals surface area (Å²) in [5.41, 5.74) is 2.42. The molecule has 0 radical (unpaired) electrons. The third-order valence-corrected chi connectivity index (χ3v) is 4.09. The summed E-state index contributed by atoms with van der Waals surface area (Å²) >= 11 is 12.7. The Morgan fingerprint density at radius 1 is 1.09 bits per heavy atom. The molecule has 0 fully saturated rings. The summed E-state index contributed by atoms with van der Waals surface area (Å²) in [7, 11) is 0. The second-order valence-corrected chi connectivity index (χ2v) is 6.21. The predicted octanol–water partition coefficient (Wildman–Crippen LogP) is 3.88. The van der Waals surface area contributed by atoms with Crippen LogP contribution in [0.15, 0.2) is 42.5 Å². The van der Waals surface area contributed by atoms with Crippen LogP contribution in [0.1, 0.15) is 19.4 Å². The number of quaternary nitrogens is 1. The van der Waals surface area contributed by atoms with Crippen molar-refractivity contribution in [2.75, 3.05) is 0 Å².